The molecule has 2 fully saturated rings. The van der Waals surface area contributed by atoms with E-state index in [0.29, 0.717) is 28.8 Å². The Kier molecular flexibility index (Phi) is 7.90. The standard InChI is InChI=1S/C31H29N7O3S/c1-36-15-17-37(18-16-36)30-33-28(34-31(35-30)41-26-11-3-21(19-32)4-12-26)22-5-9-24(10-6-22)38-27(39)20-42-29(38)23-7-13-25(40-2)14-8-23/h3-14,29H,15-18,20H2,1-2H3. The van der Waals surface area contributed by atoms with Gasteiger partial charge >= 0.3 is 6.01 Å². The van der Waals surface area contributed by atoms with Gasteiger partial charge in [0.2, 0.25) is 11.9 Å². The number of rotatable bonds is 7. The molecule has 1 aromatic heterocycles. The summed E-state index contributed by atoms with van der Waals surface area (Å²) in [5.74, 6) is 2.80. The van der Waals surface area contributed by atoms with E-state index in [4.69, 9.17) is 19.7 Å². The van der Waals surface area contributed by atoms with Crippen LogP contribution in [-0.4, -0.2) is 71.8 Å². The number of carbonyl (C=O) groups is 1. The third kappa shape index (κ3) is 5.86. The van der Waals surface area contributed by atoms with Gasteiger partial charge in [-0.05, 0) is 73.3 Å². The summed E-state index contributed by atoms with van der Waals surface area (Å²) in [7, 11) is 3.74. The highest BCUT2D eigenvalue weighted by atomic mass is 32.2. The lowest BCUT2D eigenvalue weighted by atomic mass is 10.1. The van der Waals surface area contributed by atoms with Crippen LogP contribution >= 0.6 is 11.8 Å². The summed E-state index contributed by atoms with van der Waals surface area (Å²) in [5.41, 5.74) is 3.16. The highest BCUT2D eigenvalue weighted by Gasteiger charge is 2.34. The molecule has 3 heterocycles. The van der Waals surface area contributed by atoms with Crippen LogP contribution in [0.3, 0.4) is 0 Å². The molecule has 2 saturated heterocycles. The molecule has 10 nitrogen and oxygen atoms in total. The van der Waals surface area contributed by atoms with E-state index in [1.54, 1.807) is 43.1 Å². The van der Waals surface area contributed by atoms with E-state index in [-0.39, 0.29) is 17.3 Å². The predicted octanol–water partition coefficient (Wildman–Crippen LogP) is 4.74. The number of carbonyl (C=O) groups excluding carboxylic acids is 1. The molecule has 2 aliphatic rings. The van der Waals surface area contributed by atoms with Crippen molar-refractivity contribution in [2.75, 3.05) is 55.9 Å². The van der Waals surface area contributed by atoms with Crippen LogP contribution in [0.5, 0.6) is 17.5 Å². The van der Waals surface area contributed by atoms with Crippen molar-refractivity contribution in [2.45, 2.75) is 5.37 Å². The Balaban J connectivity index is 1.30. The summed E-state index contributed by atoms with van der Waals surface area (Å²) >= 11 is 1.60. The second-order valence-corrected chi connectivity index (χ2v) is 11.1. The van der Waals surface area contributed by atoms with Crippen LogP contribution in [0.25, 0.3) is 11.4 Å². The molecule has 42 heavy (non-hydrogen) atoms. The third-order valence-electron chi connectivity index (χ3n) is 7.25. The average molecular weight is 580 g/mol. The Labute approximate surface area is 248 Å². The number of benzene rings is 3. The van der Waals surface area contributed by atoms with E-state index in [0.717, 1.165) is 48.7 Å². The summed E-state index contributed by atoms with van der Waals surface area (Å²) in [5, 5.41) is 8.99. The summed E-state index contributed by atoms with van der Waals surface area (Å²) in [6.07, 6.45) is 0. The number of piperazine rings is 1. The van der Waals surface area contributed by atoms with E-state index >= 15 is 0 Å². The number of hydrogen-bond acceptors (Lipinski definition) is 10. The van der Waals surface area contributed by atoms with E-state index in [2.05, 4.69) is 32.9 Å². The van der Waals surface area contributed by atoms with Crippen molar-refractivity contribution in [3.8, 4) is 35.0 Å². The molecule has 0 radical (unpaired) electrons. The van der Waals surface area contributed by atoms with Gasteiger partial charge in [-0.25, -0.2) is 0 Å². The fourth-order valence-corrected chi connectivity index (χ4v) is 6.04. The molecule has 0 saturated carbocycles. The molecule has 3 aromatic carbocycles. The molecule has 1 unspecified atom stereocenters. The van der Waals surface area contributed by atoms with E-state index in [1.165, 1.54) is 0 Å². The Morgan fingerprint density at radius 1 is 0.881 bits per heavy atom. The molecule has 1 atom stereocenters. The zero-order chi connectivity index (χ0) is 29.1. The monoisotopic (exact) mass is 579 g/mol. The first kappa shape index (κ1) is 27.5. The number of anilines is 2. The van der Waals surface area contributed by atoms with Crippen molar-refractivity contribution in [2.24, 2.45) is 0 Å². The van der Waals surface area contributed by atoms with Gasteiger partial charge < -0.3 is 19.3 Å². The van der Waals surface area contributed by atoms with Crippen LogP contribution in [-0.2, 0) is 4.79 Å². The molecule has 2 aliphatic heterocycles. The van der Waals surface area contributed by atoms with Gasteiger partial charge in [-0.3, -0.25) is 9.69 Å². The van der Waals surface area contributed by atoms with Gasteiger partial charge in [0.15, 0.2) is 5.82 Å². The van der Waals surface area contributed by atoms with Crippen LogP contribution < -0.4 is 19.3 Å². The lowest BCUT2D eigenvalue weighted by Crippen LogP contribution is -2.45. The SMILES string of the molecule is COc1ccc(C2SCC(=O)N2c2ccc(-c3nc(Oc4ccc(C#N)cc4)nc(N4CCN(C)CC4)n3)cc2)cc1. The second-order valence-electron chi connectivity index (χ2n) is 10.0. The van der Waals surface area contributed by atoms with Crippen molar-refractivity contribution in [3.63, 3.8) is 0 Å². The summed E-state index contributed by atoms with van der Waals surface area (Å²) in [6, 6.07) is 24.6. The number of thioether (sulfide) groups is 1. The molecule has 0 aliphatic carbocycles. The molecule has 0 spiro atoms. The van der Waals surface area contributed by atoms with Crippen LogP contribution in [0.4, 0.5) is 11.6 Å². The third-order valence-corrected chi connectivity index (χ3v) is 8.47. The minimum absolute atomic E-state index is 0.0594. The molecular formula is C31H29N7O3S. The highest BCUT2D eigenvalue weighted by Crippen LogP contribution is 2.42. The van der Waals surface area contributed by atoms with Crippen LogP contribution in [0.2, 0.25) is 0 Å². The quantitative estimate of drug-likeness (QED) is 0.305. The number of amides is 1. The number of hydrogen-bond donors (Lipinski definition) is 0. The van der Waals surface area contributed by atoms with Crippen molar-refractivity contribution >= 4 is 29.3 Å². The maximum atomic E-state index is 12.9. The van der Waals surface area contributed by atoms with Gasteiger partial charge in [0.05, 0.1) is 24.5 Å². The smallest absolute Gasteiger partial charge is 0.327 e. The fourth-order valence-electron chi connectivity index (χ4n) is 4.86. The highest BCUT2D eigenvalue weighted by molar-refractivity contribution is 8.00. The predicted molar refractivity (Wildman–Crippen MR) is 162 cm³/mol. The molecule has 11 heteroatoms. The topological polar surface area (TPSA) is 108 Å². The van der Waals surface area contributed by atoms with Crippen LogP contribution in [0.1, 0.15) is 16.5 Å². The molecule has 6 rings (SSSR count). The van der Waals surface area contributed by atoms with Gasteiger partial charge in [0.25, 0.3) is 0 Å². The van der Waals surface area contributed by atoms with Gasteiger partial charge in [-0.15, -0.1) is 11.8 Å². The zero-order valence-corrected chi connectivity index (χ0v) is 24.1. The minimum Gasteiger partial charge on any atom is -0.497 e. The van der Waals surface area contributed by atoms with Crippen molar-refractivity contribution < 1.29 is 14.3 Å². The lowest BCUT2D eigenvalue weighted by molar-refractivity contribution is -0.115. The number of ether oxygens (including phenoxy) is 2. The average Bonchev–Trinajstić information content (AvgIpc) is 3.42. The van der Waals surface area contributed by atoms with Gasteiger partial charge in [0, 0.05) is 37.4 Å². The minimum atomic E-state index is -0.123. The molecule has 0 bridgehead atoms. The fraction of sp³-hybridized carbons (Fsp3) is 0.258. The Hall–Kier alpha value is -4.66. The van der Waals surface area contributed by atoms with Crippen LogP contribution in [0.15, 0.2) is 72.8 Å². The van der Waals surface area contributed by atoms with E-state index in [9.17, 15) is 4.79 Å². The maximum absolute atomic E-state index is 12.9. The number of aromatic nitrogens is 3. The Morgan fingerprint density at radius 3 is 2.24 bits per heavy atom. The second kappa shape index (κ2) is 12.1. The molecule has 212 valence electrons. The Morgan fingerprint density at radius 2 is 1.57 bits per heavy atom. The number of nitriles is 1. The summed E-state index contributed by atoms with van der Waals surface area (Å²) in [4.78, 5) is 33.2. The van der Waals surface area contributed by atoms with E-state index in [1.807, 2.05) is 53.4 Å². The van der Waals surface area contributed by atoms with Gasteiger partial charge in [-0.1, -0.05) is 12.1 Å². The molecule has 4 aromatic rings. The summed E-state index contributed by atoms with van der Waals surface area (Å²) < 4.78 is 11.3. The molecular weight excluding hydrogens is 550 g/mol. The van der Waals surface area contributed by atoms with Gasteiger partial charge in [0.1, 0.15) is 16.9 Å². The largest absolute Gasteiger partial charge is 0.497 e. The maximum Gasteiger partial charge on any atom is 0.327 e. The van der Waals surface area contributed by atoms with E-state index < -0.39 is 0 Å². The normalized spacial score (nSPS) is 17.3. The van der Waals surface area contributed by atoms with Crippen molar-refractivity contribution in [1.29, 1.82) is 5.26 Å². The van der Waals surface area contributed by atoms with Crippen molar-refractivity contribution in [3.05, 3.63) is 83.9 Å². The first-order chi connectivity index (χ1) is 20.5. The molecule has 0 N–H and O–H groups in total. The molecule has 1 amide bonds. The Bertz CT molecular complexity index is 1600. The lowest BCUT2D eigenvalue weighted by Gasteiger charge is -2.32. The summed E-state index contributed by atoms with van der Waals surface area (Å²) in [6.45, 7) is 3.38. The van der Waals surface area contributed by atoms with Crippen molar-refractivity contribution in [1.82, 2.24) is 19.9 Å². The number of methoxy groups -OCH3 is 1. The first-order valence-electron chi connectivity index (χ1n) is 13.6. The number of nitrogens with zero attached hydrogens (tertiary/aromatic N) is 7. The van der Waals surface area contributed by atoms with Gasteiger partial charge in [-0.2, -0.15) is 20.2 Å². The van der Waals surface area contributed by atoms with Crippen LogP contribution in [0, 0.1) is 11.3 Å². The first-order valence-corrected chi connectivity index (χ1v) is 14.6. The number of likely N-dealkylation sites (N-methyl/N-ethyl adjacent to an activating group) is 1. The zero-order valence-electron chi connectivity index (χ0n) is 23.3.